The first-order valence-electron chi connectivity index (χ1n) is 9.28. The molecule has 3 aromatic carbocycles. The zero-order chi connectivity index (χ0) is 22.4. The second-order valence-corrected chi connectivity index (χ2v) is 6.61. The highest BCUT2D eigenvalue weighted by Gasteiger charge is 2.13. The van der Waals surface area contributed by atoms with Crippen LogP contribution in [0.1, 0.15) is 16.7 Å². The minimum atomic E-state index is -0.839. The first-order chi connectivity index (χ1) is 14.9. The van der Waals surface area contributed by atoms with E-state index in [1.165, 1.54) is 7.11 Å². The van der Waals surface area contributed by atoms with Crippen LogP contribution in [0.3, 0.4) is 0 Å². The van der Waals surface area contributed by atoms with Gasteiger partial charge < -0.3 is 25.7 Å². The molecule has 0 amide bonds. The van der Waals surface area contributed by atoms with Crippen LogP contribution in [0.4, 0.5) is 4.79 Å². The topological polar surface area (TPSA) is 145 Å². The standard InChI is InChI=1S/C23H22N4O4/c1-29-23(28)31-20-11-14(13-30-18-4-2-3-17(12-18)22(26)27)5-10-19(20)15-6-8-16(9-7-15)21(24)25/h2-12H,13H2,1H3,(H3,24,25)(H3,26,27). The van der Waals surface area contributed by atoms with Crippen LogP contribution in [0.2, 0.25) is 0 Å². The summed E-state index contributed by atoms with van der Waals surface area (Å²) in [4.78, 5) is 11.7. The maximum atomic E-state index is 11.7. The Bertz CT molecular complexity index is 1130. The molecule has 0 aliphatic heterocycles. The summed E-state index contributed by atoms with van der Waals surface area (Å²) in [6, 6.07) is 19.3. The predicted octanol–water partition coefficient (Wildman–Crippen LogP) is 3.65. The van der Waals surface area contributed by atoms with E-state index >= 15 is 0 Å². The monoisotopic (exact) mass is 418 g/mol. The number of nitrogen functional groups attached to an aromatic ring is 2. The lowest BCUT2D eigenvalue weighted by atomic mass is 10.0. The molecule has 8 heteroatoms. The fourth-order valence-electron chi connectivity index (χ4n) is 2.86. The van der Waals surface area contributed by atoms with Crippen molar-refractivity contribution in [3.63, 3.8) is 0 Å². The number of carbonyl (C=O) groups excluding carboxylic acids is 1. The van der Waals surface area contributed by atoms with Crippen LogP contribution >= 0.6 is 0 Å². The number of benzene rings is 3. The minimum Gasteiger partial charge on any atom is -0.489 e. The normalized spacial score (nSPS) is 10.2. The average molecular weight is 418 g/mol. The Labute approximate surface area is 179 Å². The number of hydrogen-bond donors (Lipinski definition) is 4. The third-order valence-electron chi connectivity index (χ3n) is 4.46. The first-order valence-corrected chi connectivity index (χ1v) is 9.28. The predicted molar refractivity (Wildman–Crippen MR) is 118 cm³/mol. The zero-order valence-electron chi connectivity index (χ0n) is 16.8. The molecule has 3 rings (SSSR count). The molecule has 8 nitrogen and oxygen atoms in total. The van der Waals surface area contributed by atoms with E-state index < -0.39 is 6.16 Å². The zero-order valence-corrected chi connectivity index (χ0v) is 16.8. The van der Waals surface area contributed by atoms with Crippen LogP contribution in [0.15, 0.2) is 66.7 Å². The number of nitrogens with two attached hydrogens (primary N) is 2. The molecule has 0 unspecified atom stereocenters. The largest absolute Gasteiger partial charge is 0.513 e. The van der Waals surface area contributed by atoms with E-state index in [4.69, 9.17) is 31.8 Å². The molecule has 0 aliphatic carbocycles. The summed E-state index contributed by atoms with van der Waals surface area (Å²) in [5.41, 5.74) is 14.4. The summed E-state index contributed by atoms with van der Waals surface area (Å²) in [6.45, 7) is 0.211. The molecular formula is C23H22N4O4. The van der Waals surface area contributed by atoms with Crippen LogP contribution in [-0.2, 0) is 11.3 Å². The SMILES string of the molecule is COC(=O)Oc1cc(COc2cccc(C(=N)N)c2)ccc1-c1ccc(C(=N)N)cc1. The van der Waals surface area contributed by atoms with Gasteiger partial charge in [-0.1, -0.05) is 48.5 Å². The Balaban J connectivity index is 1.86. The van der Waals surface area contributed by atoms with Crippen LogP contribution in [0, 0.1) is 10.8 Å². The van der Waals surface area contributed by atoms with Crippen molar-refractivity contribution in [2.24, 2.45) is 11.5 Å². The summed E-state index contributed by atoms with van der Waals surface area (Å²) in [7, 11) is 1.23. The van der Waals surface area contributed by atoms with Crippen LogP contribution in [-0.4, -0.2) is 24.9 Å². The van der Waals surface area contributed by atoms with Gasteiger partial charge in [0, 0.05) is 16.7 Å². The van der Waals surface area contributed by atoms with Crippen molar-refractivity contribution in [3.8, 4) is 22.6 Å². The van der Waals surface area contributed by atoms with Gasteiger partial charge in [-0.3, -0.25) is 10.8 Å². The van der Waals surface area contributed by atoms with Gasteiger partial charge in [0.25, 0.3) is 0 Å². The Hall–Kier alpha value is -4.33. The number of ether oxygens (including phenoxy) is 3. The Morgan fingerprint density at radius 3 is 2.26 bits per heavy atom. The number of carbonyl (C=O) groups is 1. The summed E-state index contributed by atoms with van der Waals surface area (Å²) < 4.78 is 15.8. The number of nitrogens with one attached hydrogen (secondary N) is 2. The van der Waals surface area contributed by atoms with Gasteiger partial charge in [0.05, 0.1) is 7.11 Å². The highest BCUT2D eigenvalue weighted by Crippen LogP contribution is 2.32. The van der Waals surface area contributed by atoms with E-state index in [2.05, 4.69) is 4.74 Å². The van der Waals surface area contributed by atoms with Crippen LogP contribution in [0.5, 0.6) is 11.5 Å². The summed E-state index contributed by atoms with van der Waals surface area (Å²) in [5.74, 6) is 0.798. The molecule has 0 fully saturated rings. The van der Waals surface area contributed by atoms with Gasteiger partial charge in [-0.05, 0) is 29.3 Å². The molecule has 3 aromatic rings. The second kappa shape index (κ2) is 9.45. The smallest absolute Gasteiger partial charge is 0.489 e. The van der Waals surface area contributed by atoms with Crippen molar-refractivity contribution >= 4 is 17.8 Å². The van der Waals surface area contributed by atoms with E-state index in [0.717, 1.165) is 11.1 Å². The fourth-order valence-corrected chi connectivity index (χ4v) is 2.86. The number of rotatable bonds is 7. The van der Waals surface area contributed by atoms with E-state index in [0.29, 0.717) is 28.2 Å². The van der Waals surface area contributed by atoms with Crippen molar-refractivity contribution < 1.29 is 19.0 Å². The van der Waals surface area contributed by atoms with Crippen molar-refractivity contribution in [2.75, 3.05) is 7.11 Å². The molecule has 0 spiro atoms. The summed E-state index contributed by atoms with van der Waals surface area (Å²) >= 11 is 0. The van der Waals surface area contributed by atoms with Gasteiger partial charge in [0.15, 0.2) is 0 Å². The Morgan fingerprint density at radius 1 is 0.903 bits per heavy atom. The molecule has 0 aromatic heterocycles. The van der Waals surface area contributed by atoms with Gasteiger partial charge in [-0.25, -0.2) is 4.79 Å². The van der Waals surface area contributed by atoms with Crippen LogP contribution in [0.25, 0.3) is 11.1 Å². The van der Waals surface area contributed by atoms with E-state index in [1.54, 1.807) is 54.6 Å². The number of amidine groups is 2. The highest BCUT2D eigenvalue weighted by atomic mass is 16.7. The number of methoxy groups -OCH3 is 1. The molecule has 6 N–H and O–H groups in total. The van der Waals surface area contributed by atoms with E-state index in [-0.39, 0.29) is 18.3 Å². The molecule has 0 radical (unpaired) electrons. The van der Waals surface area contributed by atoms with Crippen molar-refractivity contribution in [3.05, 3.63) is 83.4 Å². The molecular weight excluding hydrogens is 396 g/mol. The lowest BCUT2D eigenvalue weighted by Crippen LogP contribution is -2.11. The molecule has 0 bridgehead atoms. The maximum absolute atomic E-state index is 11.7. The Morgan fingerprint density at radius 2 is 1.61 bits per heavy atom. The molecule has 0 aliphatic rings. The maximum Gasteiger partial charge on any atom is 0.513 e. The first kappa shape index (κ1) is 21.4. The molecule has 0 heterocycles. The van der Waals surface area contributed by atoms with Crippen LogP contribution < -0.4 is 20.9 Å². The van der Waals surface area contributed by atoms with Gasteiger partial charge in [0.2, 0.25) is 0 Å². The molecule has 0 saturated heterocycles. The fraction of sp³-hybridized carbons (Fsp3) is 0.0870. The summed E-state index contributed by atoms with van der Waals surface area (Å²) in [5, 5.41) is 15.0. The molecule has 0 saturated carbocycles. The Kier molecular flexibility index (Phi) is 6.51. The van der Waals surface area contributed by atoms with Gasteiger partial charge in [-0.2, -0.15) is 0 Å². The quantitative estimate of drug-likeness (QED) is 0.199. The lowest BCUT2D eigenvalue weighted by molar-refractivity contribution is 0.121. The summed E-state index contributed by atoms with van der Waals surface area (Å²) in [6.07, 6.45) is -0.839. The third kappa shape index (κ3) is 5.39. The highest BCUT2D eigenvalue weighted by molar-refractivity contribution is 5.95. The van der Waals surface area contributed by atoms with Gasteiger partial charge in [0.1, 0.15) is 29.8 Å². The molecule has 158 valence electrons. The van der Waals surface area contributed by atoms with Crippen molar-refractivity contribution in [1.82, 2.24) is 0 Å². The second-order valence-electron chi connectivity index (χ2n) is 6.61. The average Bonchev–Trinajstić information content (AvgIpc) is 2.78. The van der Waals surface area contributed by atoms with E-state index in [1.807, 2.05) is 12.1 Å². The van der Waals surface area contributed by atoms with Gasteiger partial charge >= 0.3 is 6.16 Å². The molecule has 0 atom stereocenters. The van der Waals surface area contributed by atoms with Gasteiger partial charge in [-0.15, -0.1) is 0 Å². The molecule has 31 heavy (non-hydrogen) atoms. The lowest BCUT2D eigenvalue weighted by Gasteiger charge is -2.13. The van der Waals surface area contributed by atoms with Crippen molar-refractivity contribution in [2.45, 2.75) is 6.61 Å². The minimum absolute atomic E-state index is 0.0288. The van der Waals surface area contributed by atoms with E-state index in [9.17, 15) is 4.79 Å². The van der Waals surface area contributed by atoms with Crippen molar-refractivity contribution in [1.29, 1.82) is 10.8 Å². The third-order valence-corrected chi connectivity index (χ3v) is 4.46. The number of hydrogen-bond acceptors (Lipinski definition) is 6.